The Morgan fingerprint density at radius 1 is 1.10 bits per heavy atom. The van der Waals surface area contributed by atoms with Gasteiger partial charge in [-0.2, -0.15) is 10.5 Å². The third-order valence-electron chi connectivity index (χ3n) is 5.32. The van der Waals surface area contributed by atoms with E-state index in [0.717, 1.165) is 0 Å². The van der Waals surface area contributed by atoms with E-state index in [9.17, 15) is 10.1 Å². The molecule has 3 atom stereocenters. The van der Waals surface area contributed by atoms with Crippen LogP contribution >= 0.6 is 0 Å². The highest BCUT2D eigenvalue weighted by Crippen LogP contribution is 2.60. The van der Waals surface area contributed by atoms with Crippen LogP contribution in [0.1, 0.15) is 25.5 Å². The van der Waals surface area contributed by atoms with Gasteiger partial charge in [-0.15, -0.1) is 0 Å². The molecule has 0 aromatic heterocycles. The number of benzene rings is 2. The molecule has 6 nitrogen and oxygen atoms in total. The van der Waals surface area contributed by atoms with Gasteiger partial charge in [0.25, 0.3) is 0 Å². The highest BCUT2D eigenvalue weighted by atomic mass is 16.5. The highest BCUT2D eigenvalue weighted by Gasteiger charge is 2.62. The molecule has 0 bridgehead atoms. The van der Waals surface area contributed by atoms with Crippen molar-refractivity contribution < 1.29 is 19.0 Å². The molecule has 1 fully saturated rings. The predicted octanol–water partition coefficient (Wildman–Crippen LogP) is 4.91. The van der Waals surface area contributed by atoms with Crippen molar-refractivity contribution in [3.8, 4) is 23.6 Å². The summed E-state index contributed by atoms with van der Waals surface area (Å²) in [6.07, 6.45) is 0.581. The molecule has 2 aromatic carbocycles. The lowest BCUT2D eigenvalue weighted by Gasteiger charge is -2.13. The van der Waals surface area contributed by atoms with Gasteiger partial charge in [0.1, 0.15) is 23.6 Å². The summed E-state index contributed by atoms with van der Waals surface area (Å²) in [5.74, 6) is 0.256. The monoisotopic (exact) mass is 402 g/mol. The minimum Gasteiger partial charge on any atom is -0.487 e. The van der Waals surface area contributed by atoms with Crippen LogP contribution in [-0.2, 0) is 14.3 Å². The molecular formula is C24H22N2O4. The Morgan fingerprint density at radius 3 is 2.43 bits per heavy atom. The number of ether oxygens (including phenoxy) is 3. The summed E-state index contributed by atoms with van der Waals surface area (Å²) in [4.78, 5) is 12.8. The van der Waals surface area contributed by atoms with E-state index in [2.05, 4.69) is 0 Å². The summed E-state index contributed by atoms with van der Waals surface area (Å²) in [5, 5.41) is 18.6. The first-order valence-electron chi connectivity index (χ1n) is 9.49. The van der Waals surface area contributed by atoms with Crippen LogP contribution in [0.25, 0.3) is 0 Å². The molecule has 6 heteroatoms. The van der Waals surface area contributed by atoms with Crippen LogP contribution < -0.4 is 4.74 Å². The maximum atomic E-state index is 12.8. The quantitative estimate of drug-likeness (QED) is 0.371. The number of nitrogens with zero attached hydrogens (tertiary/aromatic N) is 2. The maximum absolute atomic E-state index is 12.8. The van der Waals surface area contributed by atoms with Gasteiger partial charge in [-0.05, 0) is 35.8 Å². The van der Waals surface area contributed by atoms with Gasteiger partial charge in [0.05, 0.1) is 13.0 Å². The number of nitriles is 2. The summed E-state index contributed by atoms with van der Waals surface area (Å²) in [5.41, 5.74) is 0.148. The summed E-state index contributed by atoms with van der Waals surface area (Å²) in [6, 6.07) is 20.2. The molecule has 0 heterocycles. The zero-order valence-electron chi connectivity index (χ0n) is 17.0. The van der Waals surface area contributed by atoms with Crippen LogP contribution in [0.3, 0.4) is 0 Å². The van der Waals surface area contributed by atoms with Crippen LogP contribution in [0.5, 0.6) is 11.5 Å². The second kappa shape index (κ2) is 8.71. The van der Waals surface area contributed by atoms with Crippen molar-refractivity contribution in [3.63, 3.8) is 0 Å². The smallest absolute Gasteiger partial charge is 0.311 e. The van der Waals surface area contributed by atoms with E-state index in [1.165, 1.54) is 7.11 Å². The number of para-hydroxylation sites is 1. The lowest BCUT2D eigenvalue weighted by atomic mass is 10.1. The molecule has 0 radical (unpaired) electrons. The fourth-order valence-electron chi connectivity index (χ4n) is 3.48. The zero-order valence-corrected chi connectivity index (χ0v) is 17.0. The third kappa shape index (κ3) is 4.45. The van der Waals surface area contributed by atoms with Crippen molar-refractivity contribution in [3.05, 3.63) is 72.0 Å². The number of allylic oxidation sites excluding steroid dienone is 2. The summed E-state index contributed by atoms with van der Waals surface area (Å²) >= 11 is 0. The van der Waals surface area contributed by atoms with Crippen molar-refractivity contribution in [2.45, 2.75) is 20.0 Å². The zero-order chi connectivity index (χ0) is 21.7. The molecular weight excluding hydrogens is 380 g/mol. The van der Waals surface area contributed by atoms with Crippen LogP contribution in [0.2, 0.25) is 0 Å². The minimum atomic E-state index is -1.06. The van der Waals surface area contributed by atoms with Crippen LogP contribution in [0, 0.1) is 39.9 Å². The van der Waals surface area contributed by atoms with Crippen LogP contribution in [0.15, 0.2) is 66.4 Å². The predicted molar refractivity (Wildman–Crippen MR) is 109 cm³/mol. The number of carbonyl (C=O) groups is 1. The molecule has 0 N–H and O–H groups in total. The Labute approximate surface area is 175 Å². The topological polar surface area (TPSA) is 92.3 Å². The Morgan fingerprint density at radius 2 is 1.80 bits per heavy atom. The highest BCUT2D eigenvalue weighted by molar-refractivity contribution is 5.78. The van der Waals surface area contributed by atoms with E-state index in [0.29, 0.717) is 17.1 Å². The van der Waals surface area contributed by atoms with Gasteiger partial charge in [-0.25, -0.2) is 0 Å². The molecule has 1 saturated carbocycles. The van der Waals surface area contributed by atoms with Gasteiger partial charge >= 0.3 is 5.97 Å². The van der Waals surface area contributed by atoms with Crippen molar-refractivity contribution in [1.29, 1.82) is 10.5 Å². The molecule has 0 saturated heterocycles. The van der Waals surface area contributed by atoms with Crippen molar-refractivity contribution in [2.75, 3.05) is 7.11 Å². The first kappa shape index (κ1) is 21.0. The Hall–Kier alpha value is -3.77. The molecule has 0 spiro atoms. The van der Waals surface area contributed by atoms with E-state index in [1.807, 2.05) is 56.3 Å². The van der Waals surface area contributed by atoms with Crippen LogP contribution in [0.4, 0.5) is 0 Å². The first-order chi connectivity index (χ1) is 14.4. The fraction of sp³-hybridized carbons (Fsp3) is 0.292. The Bertz CT molecular complexity index is 1030. The molecule has 0 amide bonds. The molecule has 0 aliphatic heterocycles. The van der Waals surface area contributed by atoms with Gasteiger partial charge in [0, 0.05) is 11.5 Å². The normalized spacial score (nSPS) is 20.2. The SMILES string of the molecule is COC(C#N)=C[C@H]1[C@@H](C(=O)O[C@H](C#N)c2cccc(Oc3ccccc3)c2)C1(C)C. The molecule has 1 aliphatic carbocycles. The average Bonchev–Trinajstić information content (AvgIpc) is 3.30. The lowest BCUT2D eigenvalue weighted by molar-refractivity contribution is -0.149. The second-order valence-corrected chi connectivity index (χ2v) is 7.61. The number of hydrogen-bond donors (Lipinski definition) is 0. The molecule has 0 unspecified atom stereocenters. The number of methoxy groups -OCH3 is 1. The van der Waals surface area contributed by atoms with Gasteiger partial charge in [-0.3, -0.25) is 4.79 Å². The number of rotatable bonds is 7. The largest absolute Gasteiger partial charge is 0.487 e. The van der Waals surface area contributed by atoms with E-state index in [-0.39, 0.29) is 17.1 Å². The van der Waals surface area contributed by atoms with Crippen LogP contribution in [-0.4, -0.2) is 13.1 Å². The summed E-state index contributed by atoms with van der Waals surface area (Å²) in [6.45, 7) is 3.83. The average molecular weight is 402 g/mol. The van der Waals surface area contributed by atoms with Gasteiger partial charge in [0.15, 0.2) is 5.76 Å². The van der Waals surface area contributed by atoms with Crippen molar-refractivity contribution in [2.24, 2.45) is 17.3 Å². The standard InChI is InChI=1S/C24H22N2O4/c1-24(2)20(13-19(14-25)28-3)22(24)23(27)30-21(15-26)16-8-7-11-18(12-16)29-17-9-5-4-6-10-17/h4-13,20-22H,1-3H3/t20-,21+,22-/m0/s1. The van der Waals surface area contributed by atoms with Gasteiger partial charge in [-0.1, -0.05) is 44.2 Å². The van der Waals surface area contributed by atoms with E-state index in [4.69, 9.17) is 19.5 Å². The second-order valence-electron chi connectivity index (χ2n) is 7.61. The summed E-state index contributed by atoms with van der Waals surface area (Å²) in [7, 11) is 1.41. The third-order valence-corrected chi connectivity index (χ3v) is 5.32. The number of carbonyl (C=O) groups excluding carboxylic acids is 1. The first-order valence-corrected chi connectivity index (χ1v) is 9.49. The van der Waals surface area contributed by atoms with Gasteiger partial charge in [0.2, 0.25) is 6.10 Å². The Balaban J connectivity index is 1.72. The van der Waals surface area contributed by atoms with Gasteiger partial charge < -0.3 is 14.2 Å². The lowest BCUT2D eigenvalue weighted by Crippen LogP contribution is -2.14. The molecule has 1 aliphatic rings. The van der Waals surface area contributed by atoms with E-state index < -0.39 is 18.0 Å². The molecule has 2 aromatic rings. The minimum absolute atomic E-state index is 0.158. The van der Waals surface area contributed by atoms with E-state index >= 15 is 0 Å². The van der Waals surface area contributed by atoms with E-state index in [1.54, 1.807) is 30.3 Å². The molecule has 3 rings (SSSR count). The molecule has 152 valence electrons. The molecule has 30 heavy (non-hydrogen) atoms. The Kier molecular flexibility index (Phi) is 6.09. The van der Waals surface area contributed by atoms with Crippen molar-refractivity contribution >= 4 is 5.97 Å². The van der Waals surface area contributed by atoms with Crippen molar-refractivity contribution in [1.82, 2.24) is 0 Å². The maximum Gasteiger partial charge on any atom is 0.311 e. The number of esters is 1. The fourth-order valence-corrected chi connectivity index (χ4v) is 3.48. The summed E-state index contributed by atoms with van der Waals surface area (Å²) < 4.78 is 16.3. The number of hydrogen-bond acceptors (Lipinski definition) is 6.